The summed E-state index contributed by atoms with van der Waals surface area (Å²) in [6.45, 7) is -6.80. The minimum Gasteiger partial charge on any atom is -0.479 e. The molecule has 0 aliphatic carbocycles. The molecule has 12 rings (SSSR count). The summed E-state index contributed by atoms with van der Waals surface area (Å²) in [6, 6.07) is 0. The number of carbonyl (C=O) groups is 4. The van der Waals surface area contributed by atoms with Crippen LogP contribution in [0.4, 0.5) is 0 Å². The van der Waals surface area contributed by atoms with Crippen LogP contribution in [0.15, 0.2) is 0 Å². The lowest BCUT2D eigenvalue weighted by molar-refractivity contribution is -0.417. The molecule has 0 radical (unpaired) electrons. The SMILES string of the molecule is C[C@]1(C(=O)O)OC[C@H]2O[C@H](O[C@H]3[C@H](O)[C@@H](O)[C@@H](O[C@@H]4[C@H](O)[C@@H](O[C@@H]5[C@@H](O[C@H]6[C@@H](O)[C@@H](CO)O[C@@H](O[C@@H]7[C@@H](O)[C@@H](O[C@@H]8[C@H](O)[C@@H](O[C@@H]9[C@@H](O[C@@H]%10[C@@H](O)[C@H](O)O[C@H](CO)[C@@H]%10O)O[C@H](CO)[C@@H](O)[C@@H]9O)O[C@H](CO)[C@H]8O)O[C@H](C(=O)O)[C@H]7O[C@H]7O[C@@H]8CO[C@@](C)(C(=O)O)O[C@@H]8[C@H](O)[C@H]7O)[C@@H]6O)O[C@H](CO)[C@@H](O)[C@@H]5O)O[C@H](CO)[C@H]4O)O[C@@H]3C(=O)O)[C@H](O)[C@@H](O)[C@H]2O1. The summed E-state index contributed by atoms with van der Waals surface area (Å²) in [5.41, 5.74) is 0. The Morgan fingerprint density at radius 2 is 0.512 bits per heavy atom. The van der Waals surface area contributed by atoms with Crippen molar-refractivity contribution in [2.45, 2.75) is 332 Å². The smallest absolute Gasteiger partial charge is 0.364 e. The highest BCUT2D eigenvalue weighted by atomic mass is 16.8. The van der Waals surface area contributed by atoms with Crippen molar-refractivity contribution in [3.8, 4) is 0 Å². The van der Waals surface area contributed by atoms with Gasteiger partial charge in [-0.2, -0.15) is 0 Å². The molecule has 52 atom stereocenters. The van der Waals surface area contributed by atoms with Crippen LogP contribution in [0.3, 0.4) is 0 Å². The van der Waals surface area contributed by atoms with Gasteiger partial charge in [0, 0.05) is 13.8 Å². The lowest BCUT2D eigenvalue weighted by atomic mass is 9.94. The highest BCUT2D eigenvalue weighted by Crippen LogP contribution is 2.44. The third-order valence-corrected chi connectivity index (χ3v) is 23.0. The molecule has 0 amide bonds. The summed E-state index contributed by atoms with van der Waals surface area (Å²) >= 11 is 0. The molecule has 12 aliphatic rings. The van der Waals surface area contributed by atoms with Crippen molar-refractivity contribution >= 4 is 23.9 Å². The standard InChI is InChI=1S/C66H102O57/c1-65(63(97)98)101-9-17-38(122-65)27(81)30(84)54(109-17)115-44-29(83)32(86)56(120-49(44)51(92)93)111-41-22(76)14(6-70)105-58(34(41)88)118-47-26(80)20(74)12(4-68)108-62(47)114-43-24(78)16(8-72)104-57(36(43)90)116-45-37(91)60(121-50(52(94)95)48(45)119-55-31(85)28(82)39-18(110-55)10-102-66(2,123-39)64(99)100)112-42-23(77)15(7-71)106-59(35(42)89)117-46-25(79)19(73)11(3-67)107-61(46)113-40-21(75)13(5-69)103-53(96)33(40)87/h11-50,53-62,67-91,96H,3-10H2,1-2H3,(H,92,93)(H,94,95)(H,97,98)(H,99,100)/t11-,12-,13-,14-,15-,16-,17-,18-,19-,20-,21+,22-,23-,24+,25+,26+,27-,28-,29-,30-,31-,32-,33-,34+,35+,36-,37-,38+,39+,40+,41+,42+,43+,44+,45-,46+,47+,48+,49+,50+,53-,54-,55-,56+,57+,58-,59-,60+,61-,62-,65+,66-/m1/s1. The van der Waals surface area contributed by atoms with E-state index < -0.39 is 395 Å². The Morgan fingerprint density at radius 3 is 0.870 bits per heavy atom. The number of fused-ring (bicyclic) bond motifs is 2. The molecule has 12 heterocycles. The minimum atomic E-state index is -2.83. The van der Waals surface area contributed by atoms with Crippen molar-refractivity contribution in [1.82, 2.24) is 0 Å². The fourth-order valence-electron chi connectivity index (χ4n) is 15.9. The van der Waals surface area contributed by atoms with E-state index in [1.165, 1.54) is 0 Å². The molecule has 30 N–H and O–H groups in total. The molecule has 0 saturated carbocycles. The fourth-order valence-corrected chi connectivity index (χ4v) is 15.9. The van der Waals surface area contributed by atoms with Gasteiger partial charge in [0.25, 0.3) is 11.6 Å². The maximum atomic E-state index is 13.7. The molecule has 12 aliphatic heterocycles. The van der Waals surface area contributed by atoms with Crippen LogP contribution >= 0.6 is 0 Å². The number of aliphatic hydroxyl groups excluding tert-OH is 26. The summed E-state index contributed by atoms with van der Waals surface area (Å²) in [7, 11) is 0. The van der Waals surface area contributed by atoms with E-state index in [1.807, 2.05) is 0 Å². The van der Waals surface area contributed by atoms with E-state index in [-0.39, 0.29) is 0 Å². The highest BCUT2D eigenvalue weighted by molar-refractivity contribution is 5.76. The summed E-state index contributed by atoms with van der Waals surface area (Å²) < 4.78 is 130. The number of hydrogen-bond donors (Lipinski definition) is 30. The molecule has 708 valence electrons. The van der Waals surface area contributed by atoms with Crippen molar-refractivity contribution < 1.29 is 281 Å². The van der Waals surface area contributed by atoms with Gasteiger partial charge in [-0.05, 0) is 0 Å². The Bertz CT molecular complexity index is 3470. The van der Waals surface area contributed by atoms with Gasteiger partial charge in [0.15, 0.2) is 75.1 Å². The first-order chi connectivity index (χ1) is 58.0. The molecule has 12 saturated heterocycles. The van der Waals surface area contributed by atoms with Crippen LogP contribution in [0, 0.1) is 0 Å². The molecule has 0 aromatic heterocycles. The van der Waals surface area contributed by atoms with Gasteiger partial charge >= 0.3 is 23.9 Å². The van der Waals surface area contributed by atoms with Crippen molar-refractivity contribution in [1.29, 1.82) is 0 Å². The predicted octanol–water partition coefficient (Wildman–Crippen LogP) is -20.9. The second-order valence-electron chi connectivity index (χ2n) is 31.0. The van der Waals surface area contributed by atoms with Gasteiger partial charge in [-0.1, -0.05) is 0 Å². The zero-order valence-corrected chi connectivity index (χ0v) is 64.0. The lowest BCUT2D eigenvalue weighted by Crippen LogP contribution is -2.70. The van der Waals surface area contributed by atoms with Crippen molar-refractivity contribution in [2.75, 3.05) is 52.9 Å². The minimum absolute atomic E-state index is 0.634. The summed E-state index contributed by atoms with van der Waals surface area (Å²) in [5, 5.41) is 334. The zero-order valence-electron chi connectivity index (χ0n) is 64.0. The normalized spacial score (nSPS) is 53.0. The number of aliphatic carboxylic acids is 4. The highest BCUT2D eigenvalue weighted by Gasteiger charge is 2.65. The Labute approximate surface area is 688 Å². The van der Waals surface area contributed by atoms with E-state index in [1.54, 1.807) is 0 Å². The monoisotopic (exact) mass is 1810 g/mol. The predicted molar refractivity (Wildman–Crippen MR) is 358 cm³/mol. The molecule has 0 aromatic rings. The number of carboxylic acid groups (broad SMARTS) is 4. The first-order valence-electron chi connectivity index (χ1n) is 38.3. The van der Waals surface area contributed by atoms with Crippen molar-refractivity contribution in [3.05, 3.63) is 0 Å². The summed E-state index contributed by atoms with van der Waals surface area (Å²) in [6.07, 6.45) is -115. The number of carboxylic acids is 4. The van der Waals surface area contributed by atoms with Gasteiger partial charge in [0.05, 0.1) is 52.9 Å². The van der Waals surface area contributed by atoms with Crippen LogP contribution in [0.2, 0.25) is 0 Å². The maximum Gasteiger partial charge on any atom is 0.364 e. The third-order valence-electron chi connectivity index (χ3n) is 23.0. The number of hydrogen-bond acceptors (Lipinski definition) is 53. The van der Waals surface area contributed by atoms with E-state index >= 15 is 0 Å². The Kier molecular flexibility index (Phi) is 31.8. The molecule has 0 bridgehead atoms. The second-order valence-corrected chi connectivity index (χ2v) is 31.0. The molecule has 0 spiro atoms. The van der Waals surface area contributed by atoms with E-state index in [2.05, 4.69) is 0 Å². The zero-order chi connectivity index (χ0) is 90.1. The Morgan fingerprint density at radius 1 is 0.260 bits per heavy atom. The molecule has 0 aromatic carbocycles. The van der Waals surface area contributed by atoms with Crippen LogP contribution in [0.5, 0.6) is 0 Å². The average molecular weight is 1810 g/mol. The maximum absolute atomic E-state index is 13.7. The van der Waals surface area contributed by atoms with Crippen LogP contribution in [-0.4, -0.2) is 549 Å². The van der Waals surface area contributed by atoms with Crippen LogP contribution in [-0.2, 0) is 128 Å². The van der Waals surface area contributed by atoms with Crippen molar-refractivity contribution in [3.63, 3.8) is 0 Å². The Hall–Kier alpha value is -4.08. The van der Waals surface area contributed by atoms with E-state index in [4.69, 9.17) is 109 Å². The molecule has 123 heavy (non-hydrogen) atoms. The average Bonchev–Trinajstić information content (AvgIpc) is 0.762. The number of ether oxygens (including phenoxy) is 23. The topological polar surface area (TPSA) is 887 Å². The van der Waals surface area contributed by atoms with Crippen LogP contribution in [0.1, 0.15) is 13.8 Å². The molecule has 57 nitrogen and oxygen atoms in total. The largest absolute Gasteiger partial charge is 0.479 e. The van der Waals surface area contributed by atoms with E-state index in [9.17, 15) is 172 Å². The molecule has 0 unspecified atom stereocenters. The molecular weight excluding hydrogens is 1700 g/mol. The van der Waals surface area contributed by atoms with Crippen molar-refractivity contribution in [2.24, 2.45) is 0 Å². The number of rotatable bonds is 28. The first-order valence-corrected chi connectivity index (χ1v) is 38.3. The Balaban J connectivity index is 0.807. The molecule has 57 heteroatoms. The van der Waals surface area contributed by atoms with Gasteiger partial charge in [-0.15, -0.1) is 0 Å². The van der Waals surface area contributed by atoms with Gasteiger partial charge in [-0.3, -0.25) is 0 Å². The van der Waals surface area contributed by atoms with E-state index in [0.29, 0.717) is 0 Å². The van der Waals surface area contributed by atoms with Gasteiger partial charge in [-0.25, -0.2) is 19.2 Å². The van der Waals surface area contributed by atoms with E-state index in [0.717, 1.165) is 13.8 Å². The summed E-state index contributed by atoms with van der Waals surface area (Å²) in [4.78, 5) is 50.6. The van der Waals surface area contributed by atoms with Crippen LogP contribution < -0.4 is 0 Å². The van der Waals surface area contributed by atoms with Gasteiger partial charge in [0.2, 0.25) is 0 Å². The summed E-state index contributed by atoms with van der Waals surface area (Å²) in [5.74, 6) is -12.4. The molecule has 12 fully saturated rings. The first kappa shape index (κ1) is 98.0. The van der Waals surface area contributed by atoms with Crippen LogP contribution in [0.25, 0.3) is 0 Å². The van der Waals surface area contributed by atoms with Gasteiger partial charge in [0.1, 0.15) is 232 Å². The lowest BCUT2D eigenvalue weighted by Gasteiger charge is -2.52. The quantitative estimate of drug-likeness (QED) is 0.0346. The van der Waals surface area contributed by atoms with Gasteiger partial charge < -0.3 is 262 Å². The molecular formula is C66H102O57. The third kappa shape index (κ3) is 19.4. The number of aliphatic hydroxyl groups is 26. The fraction of sp³-hybridized carbons (Fsp3) is 0.939. The second kappa shape index (κ2) is 39.9.